The smallest absolute Gasteiger partial charge is 0.170 e. The highest BCUT2D eigenvalue weighted by Gasteiger charge is 2.19. The summed E-state index contributed by atoms with van der Waals surface area (Å²) in [6, 6.07) is 1.89. The van der Waals surface area contributed by atoms with Crippen molar-refractivity contribution in [3.63, 3.8) is 0 Å². The van der Waals surface area contributed by atoms with E-state index in [1.165, 1.54) is 0 Å². The average molecular weight is 297 g/mol. The van der Waals surface area contributed by atoms with E-state index in [0.717, 1.165) is 0 Å². The zero-order valence-corrected chi connectivity index (χ0v) is 14.0. The van der Waals surface area contributed by atoms with E-state index < -0.39 is 0 Å². The third-order valence-corrected chi connectivity index (χ3v) is 3.19. The summed E-state index contributed by atoms with van der Waals surface area (Å²) in [5.74, 6) is 0.148. The molecule has 0 radical (unpaired) electrons. The maximum atomic E-state index is 14.7. The second-order valence-corrected chi connectivity index (χ2v) is 6.49. The van der Waals surface area contributed by atoms with Crippen molar-refractivity contribution < 1.29 is 9.13 Å². The minimum atomic E-state index is -0.251. The first-order valence-electron chi connectivity index (χ1n) is 7.40. The van der Waals surface area contributed by atoms with Gasteiger partial charge in [0.15, 0.2) is 11.6 Å². The quantitative estimate of drug-likeness (QED) is 0.839. The van der Waals surface area contributed by atoms with Crippen molar-refractivity contribution in [3.05, 3.63) is 23.6 Å². The number of nitrogens with one attached hydrogen (secondary N) is 1. The van der Waals surface area contributed by atoms with Crippen molar-refractivity contribution in [2.75, 3.05) is 25.2 Å². The normalized spacial score (nSPS) is 12.0. The first-order chi connectivity index (χ1) is 9.76. The van der Waals surface area contributed by atoms with Crippen LogP contribution in [0.2, 0.25) is 0 Å². The Hall–Kier alpha value is -1.20. The molecule has 0 atom stereocenters. The van der Waals surface area contributed by atoms with Crippen molar-refractivity contribution >= 4 is 5.82 Å². The summed E-state index contributed by atoms with van der Waals surface area (Å²) in [5.41, 5.74) is 0.585. The lowest BCUT2D eigenvalue weighted by molar-refractivity contribution is 0.203. The molecule has 0 aliphatic carbocycles. The zero-order valence-electron chi connectivity index (χ0n) is 14.0. The molecule has 0 unspecified atom stereocenters. The maximum Gasteiger partial charge on any atom is 0.170 e. The van der Waals surface area contributed by atoms with Gasteiger partial charge in [-0.05, 0) is 40.7 Å². The van der Waals surface area contributed by atoms with E-state index in [1.807, 2.05) is 18.7 Å². The second kappa shape index (κ2) is 7.71. The molecule has 0 fully saturated rings. The fourth-order valence-corrected chi connectivity index (χ4v) is 1.97. The summed E-state index contributed by atoms with van der Waals surface area (Å²) in [7, 11) is 1.64. The van der Waals surface area contributed by atoms with Crippen LogP contribution in [-0.2, 0) is 11.3 Å². The number of anilines is 1. The highest BCUT2D eigenvalue weighted by Crippen LogP contribution is 2.21. The van der Waals surface area contributed by atoms with E-state index in [0.29, 0.717) is 31.1 Å². The van der Waals surface area contributed by atoms with Crippen LogP contribution in [0.15, 0.2) is 12.3 Å². The molecule has 1 heterocycles. The Morgan fingerprint density at radius 1 is 1.38 bits per heavy atom. The summed E-state index contributed by atoms with van der Waals surface area (Å²) < 4.78 is 19.8. The number of methoxy groups -OCH3 is 1. The molecule has 1 N–H and O–H groups in total. The molecule has 21 heavy (non-hydrogen) atoms. The van der Waals surface area contributed by atoms with Crippen LogP contribution in [0, 0.1) is 5.82 Å². The summed E-state index contributed by atoms with van der Waals surface area (Å²) in [5, 5.41) is 3.31. The molecule has 0 bridgehead atoms. The number of hydrogen-bond donors (Lipinski definition) is 1. The summed E-state index contributed by atoms with van der Waals surface area (Å²) in [6.45, 7) is 11.9. The highest BCUT2D eigenvalue weighted by atomic mass is 19.1. The predicted octanol–water partition coefficient (Wildman–Crippen LogP) is 2.97. The van der Waals surface area contributed by atoms with Crippen molar-refractivity contribution in [1.82, 2.24) is 10.3 Å². The van der Waals surface area contributed by atoms with Gasteiger partial charge in [-0.1, -0.05) is 0 Å². The molecule has 0 aliphatic heterocycles. The summed E-state index contributed by atoms with van der Waals surface area (Å²) in [4.78, 5) is 6.16. The Morgan fingerprint density at radius 3 is 2.57 bits per heavy atom. The van der Waals surface area contributed by atoms with Crippen LogP contribution < -0.4 is 10.2 Å². The Kier molecular flexibility index (Phi) is 6.55. The monoisotopic (exact) mass is 297 g/mol. The first-order valence-corrected chi connectivity index (χ1v) is 7.40. The van der Waals surface area contributed by atoms with E-state index >= 15 is 0 Å². The maximum absolute atomic E-state index is 14.7. The molecule has 0 spiro atoms. The molecule has 0 aliphatic rings. The predicted molar refractivity (Wildman–Crippen MR) is 85.1 cm³/mol. The zero-order chi connectivity index (χ0) is 16.0. The van der Waals surface area contributed by atoms with Crippen LogP contribution in [-0.4, -0.2) is 36.8 Å². The molecule has 0 aromatic carbocycles. The second-order valence-electron chi connectivity index (χ2n) is 6.49. The van der Waals surface area contributed by atoms with Gasteiger partial charge in [0.05, 0.1) is 6.61 Å². The third-order valence-electron chi connectivity index (χ3n) is 3.19. The van der Waals surface area contributed by atoms with Crippen LogP contribution in [0.4, 0.5) is 10.2 Å². The van der Waals surface area contributed by atoms with Gasteiger partial charge >= 0.3 is 0 Å². The van der Waals surface area contributed by atoms with Gasteiger partial charge in [-0.15, -0.1) is 0 Å². The van der Waals surface area contributed by atoms with Gasteiger partial charge in [-0.2, -0.15) is 0 Å². The minimum Gasteiger partial charge on any atom is -0.383 e. The van der Waals surface area contributed by atoms with Crippen molar-refractivity contribution in [1.29, 1.82) is 0 Å². The molecule has 0 amide bonds. The summed E-state index contributed by atoms with van der Waals surface area (Å²) in [6.07, 6.45) is 1.67. The van der Waals surface area contributed by atoms with E-state index in [-0.39, 0.29) is 17.4 Å². The number of nitrogens with zero attached hydrogens (tertiary/aromatic N) is 2. The molecular weight excluding hydrogens is 269 g/mol. The molecule has 1 aromatic rings. The number of halogens is 1. The molecule has 0 saturated carbocycles. The lowest BCUT2D eigenvalue weighted by Crippen LogP contribution is -2.37. The summed E-state index contributed by atoms with van der Waals surface area (Å²) >= 11 is 0. The SMILES string of the molecule is COCCN(c1nccc(CNC(C)(C)C)c1F)C(C)C. The van der Waals surface area contributed by atoms with Crippen LogP contribution in [0.5, 0.6) is 0 Å². The molecule has 1 aromatic heterocycles. The van der Waals surface area contributed by atoms with E-state index in [1.54, 1.807) is 19.4 Å². The van der Waals surface area contributed by atoms with Crippen LogP contribution in [0.3, 0.4) is 0 Å². The molecular formula is C16H28FN3O. The minimum absolute atomic E-state index is 0.0519. The van der Waals surface area contributed by atoms with E-state index in [9.17, 15) is 4.39 Å². The van der Waals surface area contributed by atoms with Gasteiger partial charge in [0, 0.05) is 43.5 Å². The Morgan fingerprint density at radius 2 is 2.05 bits per heavy atom. The number of ether oxygens (including phenoxy) is 1. The molecule has 120 valence electrons. The van der Waals surface area contributed by atoms with Crippen molar-refractivity contribution in [3.8, 4) is 0 Å². The van der Waals surface area contributed by atoms with Gasteiger partial charge in [0.25, 0.3) is 0 Å². The first kappa shape index (κ1) is 17.9. The Bertz CT molecular complexity index is 444. The Labute approximate surface area is 127 Å². The molecule has 5 heteroatoms. The topological polar surface area (TPSA) is 37.4 Å². The van der Waals surface area contributed by atoms with Crippen LogP contribution >= 0.6 is 0 Å². The lowest BCUT2D eigenvalue weighted by Gasteiger charge is -2.28. The van der Waals surface area contributed by atoms with Gasteiger partial charge in [-0.3, -0.25) is 0 Å². The van der Waals surface area contributed by atoms with Gasteiger partial charge in [-0.25, -0.2) is 9.37 Å². The standard InChI is InChI=1S/C16H28FN3O/c1-12(2)20(9-10-21-6)15-14(17)13(7-8-18-15)11-19-16(3,4)5/h7-8,12,19H,9-11H2,1-6H3. The average Bonchev–Trinajstić information content (AvgIpc) is 2.38. The Balaban J connectivity index is 2.96. The number of aromatic nitrogens is 1. The fraction of sp³-hybridized carbons (Fsp3) is 0.688. The molecule has 0 saturated heterocycles. The van der Waals surface area contributed by atoms with Crippen molar-refractivity contribution in [2.24, 2.45) is 0 Å². The molecule has 1 rings (SSSR count). The van der Waals surface area contributed by atoms with Crippen LogP contribution in [0.1, 0.15) is 40.2 Å². The van der Waals surface area contributed by atoms with Crippen molar-refractivity contribution in [2.45, 2.75) is 52.7 Å². The molecule has 4 nitrogen and oxygen atoms in total. The number of rotatable bonds is 7. The van der Waals surface area contributed by atoms with Gasteiger partial charge < -0.3 is 15.0 Å². The van der Waals surface area contributed by atoms with Gasteiger partial charge in [0.1, 0.15) is 0 Å². The van der Waals surface area contributed by atoms with Crippen LogP contribution in [0.25, 0.3) is 0 Å². The number of pyridine rings is 1. The third kappa shape index (κ3) is 5.59. The number of hydrogen-bond acceptors (Lipinski definition) is 4. The van der Waals surface area contributed by atoms with Gasteiger partial charge in [0.2, 0.25) is 0 Å². The largest absolute Gasteiger partial charge is 0.383 e. The van der Waals surface area contributed by atoms with E-state index in [4.69, 9.17) is 4.74 Å². The lowest BCUT2D eigenvalue weighted by atomic mass is 10.1. The van der Waals surface area contributed by atoms with E-state index in [2.05, 4.69) is 31.1 Å². The fourth-order valence-electron chi connectivity index (χ4n) is 1.97. The highest BCUT2D eigenvalue weighted by molar-refractivity contribution is 5.44.